The van der Waals surface area contributed by atoms with Gasteiger partial charge in [0.25, 0.3) is 11.5 Å². The van der Waals surface area contributed by atoms with E-state index in [9.17, 15) is 9.59 Å². The Hall–Kier alpha value is -2.62. The van der Waals surface area contributed by atoms with Gasteiger partial charge in [-0.25, -0.2) is 0 Å². The highest BCUT2D eigenvalue weighted by molar-refractivity contribution is 6.18. The minimum Gasteiger partial charge on any atom is -0.337 e. The van der Waals surface area contributed by atoms with E-state index in [4.69, 9.17) is 0 Å². The van der Waals surface area contributed by atoms with Crippen LogP contribution in [0.4, 0.5) is 0 Å². The fourth-order valence-corrected chi connectivity index (χ4v) is 3.43. The summed E-state index contributed by atoms with van der Waals surface area (Å²) in [6, 6.07) is 13.2. The van der Waals surface area contributed by atoms with Crippen molar-refractivity contribution in [2.24, 2.45) is 0 Å². The van der Waals surface area contributed by atoms with Gasteiger partial charge < -0.3 is 4.90 Å². The molecule has 27 heavy (non-hydrogen) atoms. The van der Waals surface area contributed by atoms with Gasteiger partial charge in [0.05, 0.1) is 0 Å². The lowest BCUT2D eigenvalue weighted by atomic mass is 10.0. The van der Waals surface area contributed by atoms with Crippen molar-refractivity contribution in [2.75, 3.05) is 13.1 Å². The van der Waals surface area contributed by atoms with Crippen molar-refractivity contribution in [1.82, 2.24) is 9.47 Å². The second kappa shape index (κ2) is 8.85. The Morgan fingerprint density at radius 2 is 1.63 bits per heavy atom. The summed E-state index contributed by atoms with van der Waals surface area (Å²) < 4.78 is 1.46. The number of pyridine rings is 1. The van der Waals surface area contributed by atoms with E-state index in [-0.39, 0.29) is 11.5 Å². The van der Waals surface area contributed by atoms with Crippen LogP contribution < -0.4 is 5.56 Å². The van der Waals surface area contributed by atoms with Gasteiger partial charge in [0.15, 0.2) is 0 Å². The molecular weight excluding hydrogens is 336 g/mol. The molecule has 2 aromatic rings. The maximum absolute atomic E-state index is 13.3. The van der Waals surface area contributed by atoms with Crippen LogP contribution >= 0.6 is 0 Å². The molecule has 2 heterocycles. The predicted octanol–water partition coefficient (Wildman–Crippen LogP) is 4.37. The van der Waals surface area contributed by atoms with Crippen LogP contribution in [0.25, 0.3) is 11.8 Å². The van der Waals surface area contributed by atoms with E-state index in [1.165, 1.54) is 16.2 Å². The van der Waals surface area contributed by atoms with Crippen LogP contribution in [0.15, 0.2) is 53.5 Å². The van der Waals surface area contributed by atoms with E-state index in [0.29, 0.717) is 11.6 Å². The molecule has 3 rings (SSSR count). The van der Waals surface area contributed by atoms with Gasteiger partial charge in [-0.1, -0.05) is 57.0 Å². The Balaban J connectivity index is 2.00. The van der Waals surface area contributed by atoms with E-state index in [0.717, 1.165) is 44.3 Å². The van der Waals surface area contributed by atoms with Gasteiger partial charge in [0.1, 0.15) is 5.70 Å². The third-order valence-electron chi connectivity index (χ3n) is 5.10. The molecule has 0 atom stereocenters. The molecule has 1 aliphatic heterocycles. The quantitative estimate of drug-likeness (QED) is 0.756. The van der Waals surface area contributed by atoms with Gasteiger partial charge in [-0.15, -0.1) is 0 Å². The van der Waals surface area contributed by atoms with Crippen molar-refractivity contribution < 1.29 is 4.79 Å². The second-order valence-corrected chi connectivity index (χ2v) is 7.47. The summed E-state index contributed by atoms with van der Waals surface area (Å²) in [5, 5.41) is 0. The number of hydrogen-bond acceptors (Lipinski definition) is 2. The Bertz CT molecular complexity index is 854. The Kier molecular flexibility index (Phi) is 6.28. The lowest BCUT2D eigenvalue weighted by Crippen LogP contribution is -2.36. The van der Waals surface area contributed by atoms with Gasteiger partial charge in [0, 0.05) is 25.4 Å². The molecule has 1 aliphatic rings. The van der Waals surface area contributed by atoms with Gasteiger partial charge in [-0.3, -0.25) is 14.2 Å². The maximum atomic E-state index is 13.3. The first-order chi connectivity index (χ1) is 13.1. The van der Waals surface area contributed by atoms with Crippen LogP contribution in [0.3, 0.4) is 0 Å². The maximum Gasteiger partial charge on any atom is 0.270 e. The zero-order valence-corrected chi connectivity index (χ0v) is 16.2. The summed E-state index contributed by atoms with van der Waals surface area (Å²) in [6.45, 7) is 5.82. The van der Waals surface area contributed by atoms with Crippen molar-refractivity contribution in [3.8, 4) is 0 Å². The molecule has 1 saturated heterocycles. The first kappa shape index (κ1) is 19.2. The molecule has 0 saturated carbocycles. The third-order valence-corrected chi connectivity index (χ3v) is 5.10. The molecule has 1 amide bonds. The lowest BCUT2D eigenvalue weighted by Gasteiger charge is -2.22. The monoisotopic (exact) mass is 364 g/mol. The van der Waals surface area contributed by atoms with Crippen molar-refractivity contribution in [3.63, 3.8) is 0 Å². The molecule has 142 valence electrons. The van der Waals surface area contributed by atoms with E-state index < -0.39 is 0 Å². The highest BCUT2D eigenvalue weighted by Crippen LogP contribution is 2.19. The first-order valence-electron chi connectivity index (χ1n) is 9.85. The van der Waals surface area contributed by atoms with Gasteiger partial charge in [-0.2, -0.15) is 0 Å². The van der Waals surface area contributed by atoms with Gasteiger partial charge >= 0.3 is 0 Å². The number of nitrogens with zero attached hydrogens (tertiary/aromatic N) is 2. The van der Waals surface area contributed by atoms with Crippen LogP contribution in [0.5, 0.6) is 0 Å². The van der Waals surface area contributed by atoms with E-state index >= 15 is 0 Å². The van der Waals surface area contributed by atoms with Crippen LogP contribution in [0.2, 0.25) is 0 Å². The summed E-state index contributed by atoms with van der Waals surface area (Å²) in [5.74, 6) is 0.385. The molecule has 1 fully saturated rings. The van der Waals surface area contributed by atoms with Crippen LogP contribution in [-0.2, 0) is 4.79 Å². The molecule has 0 unspecified atom stereocenters. The minimum absolute atomic E-state index is 0.0712. The fourth-order valence-electron chi connectivity index (χ4n) is 3.43. The number of aromatic nitrogens is 1. The van der Waals surface area contributed by atoms with Crippen LogP contribution in [-0.4, -0.2) is 28.5 Å². The summed E-state index contributed by atoms with van der Waals surface area (Å²) in [7, 11) is 0. The molecule has 1 aromatic heterocycles. The Morgan fingerprint density at radius 3 is 2.22 bits per heavy atom. The van der Waals surface area contributed by atoms with E-state index in [2.05, 4.69) is 26.0 Å². The average molecular weight is 364 g/mol. The highest BCUT2D eigenvalue weighted by Gasteiger charge is 2.21. The minimum atomic E-state index is -0.189. The first-order valence-corrected chi connectivity index (χ1v) is 9.85. The normalized spacial score (nSPS) is 15.7. The number of carbonyl (C=O) groups excluding carboxylic acids is 1. The zero-order valence-electron chi connectivity index (χ0n) is 16.2. The summed E-state index contributed by atoms with van der Waals surface area (Å²) >= 11 is 0. The third kappa shape index (κ3) is 4.76. The molecule has 0 aliphatic carbocycles. The van der Waals surface area contributed by atoms with E-state index in [1.54, 1.807) is 18.3 Å². The zero-order chi connectivity index (χ0) is 19.2. The molecule has 4 heteroatoms. The molecule has 0 spiro atoms. The summed E-state index contributed by atoms with van der Waals surface area (Å²) in [5.41, 5.74) is 2.41. The lowest BCUT2D eigenvalue weighted by molar-refractivity contribution is -0.125. The smallest absolute Gasteiger partial charge is 0.270 e. The largest absolute Gasteiger partial charge is 0.337 e. The standard InChI is InChI=1S/C23H28N2O2/c1-18(2)20-12-10-19(11-13-20)17-21(25-16-8-5-9-22(25)26)23(27)24-14-6-3-4-7-15-24/h5,8-13,16-18H,3-4,6-7,14-15H2,1-2H3/b21-17+. The van der Waals surface area contributed by atoms with Crippen molar-refractivity contribution in [3.05, 3.63) is 70.1 Å². The number of amides is 1. The van der Waals surface area contributed by atoms with Crippen LogP contribution in [0, 0.1) is 0 Å². The van der Waals surface area contributed by atoms with E-state index in [1.807, 2.05) is 23.1 Å². The van der Waals surface area contributed by atoms with Crippen molar-refractivity contribution >= 4 is 17.7 Å². The van der Waals surface area contributed by atoms with Crippen LogP contribution in [0.1, 0.15) is 56.6 Å². The number of rotatable bonds is 4. The molecule has 0 N–H and O–H groups in total. The average Bonchev–Trinajstić information content (AvgIpc) is 2.96. The molecule has 1 aromatic carbocycles. The van der Waals surface area contributed by atoms with Gasteiger partial charge in [0.2, 0.25) is 0 Å². The number of hydrogen-bond donors (Lipinski definition) is 0. The van der Waals surface area contributed by atoms with Crippen molar-refractivity contribution in [1.29, 1.82) is 0 Å². The number of carbonyl (C=O) groups is 1. The highest BCUT2D eigenvalue weighted by atomic mass is 16.2. The molecule has 0 radical (unpaired) electrons. The fraction of sp³-hybridized carbons (Fsp3) is 0.391. The van der Waals surface area contributed by atoms with Crippen molar-refractivity contribution in [2.45, 2.75) is 45.4 Å². The van der Waals surface area contributed by atoms with Gasteiger partial charge in [-0.05, 0) is 42.0 Å². The number of likely N-dealkylation sites (tertiary alicyclic amines) is 1. The predicted molar refractivity (Wildman–Crippen MR) is 110 cm³/mol. The summed E-state index contributed by atoms with van der Waals surface area (Å²) in [6.07, 6.45) is 7.86. The molecule has 0 bridgehead atoms. The summed E-state index contributed by atoms with van der Waals surface area (Å²) in [4.78, 5) is 27.6. The number of benzene rings is 1. The molecular formula is C23H28N2O2. The SMILES string of the molecule is CC(C)c1ccc(/C=C(\C(=O)N2CCCCCC2)n2ccccc2=O)cc1. The topological polar surface area (TPSA) is 42.3 Å². The Morgan fingerprint density at radius 1 is 0.963 bits per heavy atom. The second-order valence-electron chi connectivity index (χ2n) is 7.47. The Labute approximate surface area is 161 Å². The molecule has 4 nitrogen and oxygen atoms in total.